The Morgan fingerprint density at radius 1 is 0.647 bits per heavy atom. The first-order valence-electron chi connectivity index (χ1n) is 17.0. The van der Waals surface area contributed by atoms with E-state index in [0.717, 1.165) is 27.8 Å². The van der Waals surface area contributed by atoms with Crippen LogP contribution in [0.5, 0.6) is 0 Å². The number of hydrogen-bond donors (Lipinski definition) is 0. The van der Waals surface area contributed by atoms with Crippen LogP contribution >= 0.6 is 11.3 Å². The van der Waals surface area contributed by atoms with Crippen LogP contribution in [0.25, 0.3) is 74.6 Å². The van der Waals surface area contributed by atoms with Crippen molar-refractivity contribution in [1.82, 2.24) is 9.88 Å². The minimum Gasteiger partial charge on any atom is -0.510 e. The van der Waals surface area contributed by atoms with Gasteiger partial charge in [0.25, 0.3) is 0 Å². The molecule has 0 saturated heterocycles. The van der Waals surface area contributed by atoms with E-state index in [4.69, 9.17) is 4.98 Å². The van der Waals surface area contributed by atoms with Gasteiger partial charge in [-0.05, 0) is 97.0 Å². The average molecular weight is 853 g/mol. The standard InChI is InChI=1S/C33H18NS.C13H16N2.Ir/c1-6-12-30-20(7-1)13-15-31(34-30)21-14-16-32-28(17-21)29-18-26-24-10-4-2-8-22(24)23-9-3-5-11-25(23)27(26)19-33(29)35-32;1-11(2)12-5-4-6-13(9-12)15-8-7-14(3)10-15;/h1-13,15-19H;4-5,7-11H,1-3H3;/q-1;-2;+3. The first kappa shape index (κ1) is 33.1. The van der Waals surface area contributed by atoms with Crippen molar-refractivity contribution in [3.8, 4) is 11.3 Å². The Labute approximate surface area is 315 Å². The molecule has 2 aromatic heterocycles. The molecule has 3 nitrogen and oxygen atoms in total. The Morgan fingerprint density at radius 2 is 1.31 bits per heavy atom. The number of pyridine rings is 1. The van der Waals surface area contributed by atoms with E-state index in [1.54, 1.807) is 0 Å². The molecule has 51 heavy (non-hydrogen) atoms. The molecular weight excluding hydrogens is 819 g/mol. The van der Waals surface area contributed by atoms with Gasteiger partial charge in [-0.15, -0.1) is 35.5 Å². The molecular formula is C46H34IrN3S. The molecule has 0 amide bonds. The van der Waals surface area contributed by atoms with Gasteiger partial charge >= 0.3 is 20.1 Å². The molecule has 0 saturated carbocycles. The quantitative estimate of drug-likeness (QED) is 0.130. The second-order valence-electron chi connectivity index (χ2n) is 13.2. The third-order valence-corrected chi connectivity index (χ3v) is 10.8. The molecule has 0 aliphatic carbocycles. The number of hydrogen-bond acceptors (Lipinski definition) is 4. The smallest absolute Gasteiger partial charge is 0.510 e. The molecule has 9 aromatic rings. The van der Waals surface area contributed by atoms with Gasteiger partial charge in [0.05, 0.1) is 5.52 Å². The van der Waals surface area contributed by atoms with Crippen LogP contribution in [-0.2, 0) is 20.1 Å². The summed E-state index contributed by atoms with van der Waals surface area (Å²) >= 11 is 1.85. The summed E-state index contributed by atoms with van der Waals surface area (Å²) in [4.78, 5) is 9.01. The summed E-state index contributed by atoms with van der Waals surface area (Å²) in [5, 5.41) is 11.6. The van der Waals surface area contributed by atoms with E-state index in [1.165, 1.54) is 58.1 Å². The Bertz CT molecular complexity index is 2760. The van der Waals surface area contributed by atoms with Crippen molar-refractivity contribution in [1.29, 1.82) is 0 Å². The second kappa shape index (κ2) is 13.6. The summed E-state index contributed by atoms with van der Waals surface area (Å²) in [6.45, 7) is 6.44. The third-order valence-electron chi connectivity index (χ3n) is 9.67. The Kier molecular flexibility index (Phi) is 8.81. The Morgan fingerprint density at radius 3 is 2.02 bits per heavy atom. The van der Waals surface area contributed by atoms with Crippen LogP contribution in [0.15, 0.2) is 140 Å². The molecule has 0 N–H and O–H groups in total. The van der Waals surface area contributed by atoms with E-state index in [0.29, 0.717) is 5.92 Å². The van der Waals surface area contributed by atoms with Gasteiger partial charge in [-0.3, -0.25) is 4.98 Å². The van der Waals surface area contributed by atoms with Gasteiger partial charge in [-0.2, -0.15) is 41.8 Å². The predicted molar refractivity (Wildman–Crippen MR) is 214 cm³/mol. The van der Waals surface area contributed by atoms with Crippen molar-refractivity contribution >= 4 is 80.4 Å². The Balaban J connectivity index is 0.000000198. The molecule has 0 atom stereocenters. The molecule has 1 aliphatic heterocycles. The first-order chi connectivity index (χ1) is 24.5. The molecule has 0 radical (unpaired) electrons. The summed E-state index contributed by atoms with van der Waals surface area (Å²) in [6, 6.07) is 52.3. The van der Waals surface area contributed by atoms with Crippen molar-refractivity contribution in [2.75, 3.05) is 11.9 Å². The van der Waals surface area contributed by atoms with Crippen LogP contribution in [0.2, 0.25) is 0 Å². The van der Waals surface area contributed by atoms with Gasteiger partial charge in [-0.1, -0.05) is 98.1 Å². The summed E-state index contributed by atoms with van der Waals surface area (Å²) in [5.41, 5.74) is 5.45. The number of fused-ring (bicyclic) bond motifs is 10. The van der Waals surface area contributed by atoms with Crippen molar-refractivity contribution < 1.29 is 20.1 Å². The van der Waals surface area contributed by atoms with Crippen LogP contribution in [-0.4, -0.2) is 16.9 Å². The molecule has 0 unspecified atom stereocenters. The predicted octanol–water partition coefficient (Wildman–Crippen LogP) is 12.5. The zero-order valence-corrected chi connectivity index (χ0v) is 31.7. The van der Waals surface area contributed by atoms with Gasteiger partial charge < -0.3 is 9.80 Å². The number of rotatable bonds is 3. The van der Waals surface area contributed by atoms with Crippen LogP contribution in [0.4, 0.5) is 5.69 Å². The number of thiophene rings is 1. The summed E-state index contributed by atoms with van der Waals surface area (Å²) in [7, 11) is 2.02. The number of nitrogens with zero attached hydrogens (tertiary/aromatic N) is 3. The van der Waals surface area contributed by atoms with Crippen LogP contribution in [0.3, 0.4) is 0 Å². The Hall–Kier alpha value is -5.06. The minimum absolute atomic E-state index is 0. The van der Waals surface area contributed by atoms with Crippen molar-refractivity contribution in [3.05, 3.63) is 164 Å². The van der Waals surface area contributed by atoms with Gasteiger partial charge in [-0.25, -0.2) is 0 Å². The molecule has 3 heterocycles. The van der Waals surface area contributed by atoms with Crippen molar-refractivity contribution in [2.45, 2.75) is 19.8 Å². The number of anilines is 1. The van der Waals surface area contributed by atoms with Crippen LogP contribution < -0.4 is 4.90 Å². The van der Waals surface area contributed by atoms with Gasteiger partial charge in [0.2, 0.25) is 0 Å². The maximum atomic E-state index is 4.91. The fraction of sp³-hybridized carbons (Fsp3) is 0.0870. The second-order valence-corrected chi connectivity index (χ2v) is 14.3. The minimum atomic E-state index is 0. The summed E-state index contributed by atoms with van der Waals surface area (Å²) < 4.78 is 2.57. The fourth-order valence-electron chi connectivity index (χ4n) is 7.05. The average Bonchev–Trinajstić information content (AvgIpc) is 3.77. The molecule has 248 valence electrons. The topological polar surface area (TPSA) is 19.4 Å². The zero-order chi connectivity index (χ0) is 33.8. The van der Waals surface area contributed by atoms with Gasteiger partial charge in [0.1, 0.15) is 0 Å². The van der Waals surface area contributed by atoms with Gasteiger partial charge in [0, 0.05) is 4.70 Å². The number of benzene rings is 7. The molecule has 0 spiro atoms. The van der Waals surface area contributed by atoms with E-state index in [-0.39, 0.29) is 20.1 Å². The van der Waals surface area contributed by atoms with E-state index in [9.17, 15) is 0 Å². The fourth-order valence-corrected chi connectivity index (χ4v) is 8.14. The monoisotopic (exact) mass is 853 g/mol. The zero-order valence-electron chi connectivity index (χ0n) is 28.5. The largest absolute Gasteiger partial charge is 3.00 e. The van der Waals surface area contributed by atoms with E-state index < -0.39 is 0 Å². The first-order valence-corrected chi connectivity index (χ1v) is 17.8. The van der Waals surface area contributed by atoms with Crippen molar-refractivity contribution in [3.63, 3.8) is 0 Å². The molecule has 0 fully saturated rings. The summed E-state index contributed by atoms with van der Waals surface area (Å²) in [6.07, 6.45) is 4.06. The summed E-state index contributed by atoms with van der Waals surface area (Å²) in [5.74, 6) is 0.558. The molecule has 5 heteroatoms. The molecule has 10 rings (SSSR count). The number of aromatic nitrogens is 1. The normalized spacial score (nSPS) is 12.8. The van der Waals surface area contributed by atoms with Gasteiger partial charge in [0.15, 0.2) is 0 Å². The SMILES string of the molecule is CC(C)c1cc[c-]c(N2C=CN(C)[CH-]2)c1.[Ir+3].[c-]1cc2sc3cc4c5ccccc5c5ccccc5c4cc3c2cc1-c1ccc2ccccc2n1. The molecule has 0 bridgehead atoms. The maximum Gasteiger partial charge on any atom is 3.00 e. The maximum absolute atomic E-state index is 4.91. The van der Waals surface area contributed by atoms with E-state index >= 15 is 0 Å². The van der Waals surface area contributed by atoms with Crippen LogP contribution in [0, 0.1) is 18.8 Å². The third kappa shape index (κ3) is 6.06. The van der Waals surface area contributed by atoms with Crippen molar-refractivity contribution in [2.24, 2.45) is 0 Å². The van der Waals surface area contributed by atoms with E-state index in [2.05, 4.69) is 146 Å². The molecule has 1 aliphatic rings. The number of para-hydroxylation sites is 1. The van der Waals surface area contributed by atoms with E-state index in [1.807, 2.05) is 54.5 Å². The molecule has 7 aromatic carbocycles. The van der Waals surface area contributed by atoms with Crippen LogP contribution in [0.1, 0.15) is 25.3 Å².